The highest BCUT2D eigenvalue weighted by Crippen LogP contribution is 2.43. The molecule has 0 unspecified atom stereocenters. The average Bonchev–Trinajstić information content (AvgIpc) is 2.52. The van der Waals surface area contributed by atoms with E-state index in [9.17, 15) is 35.9 Å². The average molecular weight is 451 g/mol. The quantitative estimate of drug-likeness (QED) is 0.594. The number of rotatable bonds is 3. The van der Waals surface area contributed by atoms with Crippen molar-refractivity contribution in [3.8, 4) is 11.1 Å². The van der Waals surface area contributed by atoms with E-state index in [1.54, 1.807) is 0 Å². The van der Waals surface area contributed by atoms with E-state index in [0.29, 0.717) is 12.1 Å². The van der Waals surface area contributed by atoms with E-state index in [-0.39, 0.29) is 36.9 Å². The van der Waals surface area contributed by atoms with Gasteiger partial charge in [0.05, 0.1) is 22.3 Å². The Labute approximate surface area is 165 Å². The van der Waals surface area contributed by atoms with Crippen LogP contribution in [0.2, 0.25) is 0 Å². The highest BCUT2D eigenvalue weighted by Gasteiger charge is 2.39. The molecule has 28 heavy (non-hydrogen) atoms. The number of alkyl halides is 6. The smallest absolute Gasteiger partial charge is 0.417 e. The van der Waals surface area contributed by atoms with E-state index in [4.69, 9.17) is 10.2 Å². The van der Waals surface area contributed by atoms with E-state index in [1.165, 1.54) is 0 Å². The molecule has 2 rings (SSSR count). The Morgan fingerprint density at radius 3 is 1.14 bits per heavy atom. The highest BCUT2D eigenvalue weighted by atomic mass is 35.5. The van der Waals surface area contributed by atoms with Crippen molar-refractivity contribution in [1.29, 1.82) is 0 Å². The molecule has 12 heteroatoms. The van der Waals surface area contributed by atoms with Crippen molar-refractivity contribution in [3.63, 3.8) is 0 Å². The minimum atomic E-state index is -5.13. The van der Waals surface area contributed by atoms with Crippen LogP contribution in [0.4, 0.5) is 26.3 Å². The first-order chi connectivity index (χ1) is 11.8. The third-order valence-corrected chi connectivity index (χ3v) is 3.43. The van der Waals surface area contributed by atoms with Crippen LogP contribution in [-0.2, 0) is 12.4 Å². The van der Waals surface area contributed by atoms with Gasteiger partial charge in [-0.3, -0.25) is 0 Å². The molecule has 0 radical (unpaired) electrons. The van der Waals surface area contributed by atoms with E-state index < -0.39 is 57.7 Å². The first-order valence-electron chi connectivity index (χ1n) is 6.72. The van der Waals surface area contributed by atoms with Gasteiger partial charge in [-0.05, 0) is 35.4 Å². The van der Waals surface area contributed by atoms with Crippen LogP contribution in [0.5, 0.6) is 0 Å². The molecule has 0 amide bonds. The summed E-state index contributed by atoms with van der Waals surface area (Å²) in [7, 11) is 0. The van der Waals surface area contributed by atoms with Crippen molar-refractivity contribution < 1.29 is 46.1 Å². The van der Waals surface area contributed by atoms with Gasteiger partial charge < -0.3 is 10.2 Å². The summed E-state index contributed by atoms with van der Waals surface area (Å²) in [6, 6.07) is 3.14. The molecule has 154 valence electrons. The first-order valence-corrected chi connectivity index (χ1v) is 6.72. The minimum absolute atomic E-state index is 0. The van der Waals surface area contributed by atoms with Crippen molar-refractivity contribution in [2.45, 2.75) is 12.4 Å². The SMILES string of the molecule is Cl.Cl.O=C(O)c1ccc(-c2ccc(C(=O)O)cc2C(F)(F)F)c(C(F)(F)F)c1. The fourth-order valence-corrected chi connectivity index (χ4v) is 2.29. The normalized spacial score (nSPS) is 11.2. The van der Waals surface area contributed by atoms with Gasteiger partial charge in [0.15, 0.2) is 0 Å². The number of benzene rings is 2. The van der Waals surface area contributed by atoms with Crippen LogP contribution in [0, 0.1) is 0 Å². The van der Waals surface area contributed by atoms with Gasteiger partial charge in [-0.15, -0.1) is 24.8 Å². The molecule has 0 fully saturated rings. The van der Waals surface area contributed by atoms with Gasteiger partial charge in [0.2, 0.25) is 0 Å². The summed E-state index contributed by atoms with van der Waals surface area (Å²) in [5.74, 6) is -3.36. The summed E-state index contributed by atoms with van der Waals surface area (Å²) < 4.78 is 79.5. The third-order valence-electron chi connectivity index (χ3n) is 3.43. The lowest BCUT2D eigenvalue weighted by atomic mass is 9.92. The second-order valence-corrected chi connectivity index (χ2v) is 5.13. The van der Waals surface area contributed by atoms with Crippen LogP contribution < -0.4 is 0 Å². The van der Waals surface area contributed by atoms with Crippen LogP contribution in [-0.4, -0.2) is 22.2 Å². The fourth-order valence-electron chi connectivity index (χ4n) is 2.29. The summed E-state index contributed by atoms with van der Waals surface area (Å²) in [6.07, 6.45) is -10.3. The zero-order valence-electron chi connectivity index (χ0n) is 13.3. The van der Waals surface area contributed by atoms with E-state index >= 15 is 0 Å². The highest BCUT2D eigenvalue weighted by molar-refractivity contribution is 5.91. The van der Waals surface area contributed by atoms with Crippen molar-refractivity contribution in [2.75, 3.05) is 0 Å². The lowest BCUT2D eigenvalue weighted by molar-refractivity contribution is -0.139. The molecule has 0 aliphatic heterocycles. The number of hydrogen-bond acceptors (Lipinski definition) is 2. The van der Waals surface area contributed by atoms with Gasteiger partial charge in [0.1, 0.15) is 0 Å². The second-order valence-electron chi connectivity index (χ2n) is 5.13. The van der Waals surface area contributed by atoms with Gasteiger partial charge in [-0.2, -0.15) is 26.3 Å². The predicted octanol–water partition coefficient (Wildman–Crippen LogP) is 5.63. The maximum Gasteiger partial charge on any atom is 0.417 e. The molecule has 2 N–H and O–H groups in total. The van der Waals surface area contributed by atoms with E-state index in [2.05, 4.69) is 0 Å². The Balaban J connectivity index is 0.00000364. The number of halogens is 8. The Morgan fingerprint density at radius 1 is 0.643 bits per heavy atom. The summed E-state index contributed by atoms with van der Waals surface area (Å²) in [6.45, 7) is 0. The summed E-state index contributed by atoms with van der Waals surface area (Å²) in [4.78, 5) is 21.7. The van der Waals surface area contributed by atoms with Gasteiger partial charge in [-0.1, -0.05) is 12.1 Å². The Bertz CT molecular complexity index is 820. The predicted molar refractivity (Wildman–Crippen MR) is 90.3 cm³/mol. The molecule has 0 atom stereocenters. The van der Waals surface area contributed by atoms with Crippen molar-refractivity contribution in [2.24, 2.45) is 0 Å². The van der Waals surface area contributed by atoms with E-state index in [0.717, 1.165) is 12.1 Å². The first kappa shape index (κ1) is 25.5. The molecule has 0 aliphatic carbocycles. The Morgan fingerprint density at radius 2 is 0.929 bits per heavy atom. The van der Waals surface area contributed by atoms with Crippen molar-refractivity contribution in [1.82, 2.24) is 0 Å². The third kappa shape index (κ3) is 5.29. The Kier molecular flexibility index (Phi) is 7.93. The number of carboxylic acids is 2. The van der Waals surface area contributed by atoms with Crippen LogP contribution in [0.1, 0.15) is 31.8 Å². The molecule has 0 aromatic heterocycles. The molecular formula is C16H10Cl2F6O4. The van der Waals surface area contributed by atoms with Gasteiger partial charge in [0, 0.05) is 0 Å². The monoisotopic (exact) mass is 450 g/mol. The molecule has 2 aromatic rings. The van der Waals surface area contributed by atoms with Gasteiger partial charge in [-0.25, -0.2) is 9.59 Å². The lowest BCUT2D eigenvalue weighted by Gasteiger charge is -2.18. The maximum atomic E-state index is 13.2. The minimum Gasteiger partial charge on any atom is -0.478 e. The Hall–Kier alpha value is -2.46. The van der Waals surface area contributed by atoms with Crippen LogP contribution in [0.15, 0.2) is 36.4 Å². The summed E-state index contributed by atoms with van der Waals surface area (Å²) >= 11 is 0. The largest absolute Gasteiger partial charge is 0.478 e. The van der Waals surface area contributed by atoms with Crippen molar-refractivity contribution >= 4 is 36.8 Å². The maximum absolute atomic E-state index is 13.2. The molecule has 0 aliphatic rings. The topological polar surface area (TPSA) is 74.6 Å². The zero-order chi connectivity index (χ0) is 19.9. The van der Waals surface area contributed by atoms with Gasteiger partial charge in [0.25, 0.3) is 0 Å². The number of hydrogen-bond donors (Lipinski definition) is 2. The van der Waals surface area contributed by atoms with Crippen molar-refractivity contribution in [3.05, 3.63) is 58.7 Å². The van der Waals surface area contributed by atoms with Crippen LogP contribution in [0.3, 0.4) is 0 Å². The number of aromatic carboxylic acids is 2. The molecule has 0 saturated carbocycles. The molecule has 4 nitrogen and oxygen atoms in total. The summed E-state index contributed by atoms with van der Waals surface area (Å²) in [5, 5.41) is 17.6. The van der Waals surface area contributed by atoms with Crippen LogP contribution in [0.25, 0.3) is 11.1 Å². The number of carbonyl (C=O) groups is 2. The molecule has 0 spiro atoms. The standard InChI is InChI=1S/C16H8F6O4.2ClH/c17-15(18,19)11-5-7(13(23)24)1-3-9(11)10-4-2-8(14(25)26)6-12(10)16(20,21)22;;/h1-6H,(H,23,24)(H,25,26);2*1H. The molecule has 0 bridgehead atoms. The molecule has 2 aromatic carbocycles. The lowest BCUT2D eigenvalue weighted by Crippen LogP contribution is -2.13. The summed E-state index contributed by atoms with van der Waals surface area (Å²) in [5.41, 5.74) is -6.48. The fraction of sp³-hybridized carbons (Fsp3) is 0.125. The molecule has 0 heterocycles. The van der Waals surface area contributed by atoms with Crippen LogP contribution >= 0.6 is 24.8 Å². The molecular weight excluding hydrogens is 441 g/mol. The van der Waals surface area contributed by atoms with E-state index in [1.807, 2.05) is 0 Å². The molecule has 0 saturated heterocycles. The zero-order valence-corrected chi connectivity index (χ0v) is 14.9. The van der Waals surface area contributed by atoms with Gasteiger partial charge >= 0.3 is 24.3 Å². The second kappa shape index (κ2) is 8.70. The number of carboxylic acid groups (broad SMARTS) is 2.